The number of allylic oxidation sites excluding steroid dienone is 2. The number of rotatable bonds is 3. The zero-order valence-corrected chi connectivity index (χ0v) is 24.2. The Balaban J connectivity index is 1.57. The minimum atomic E-state index is -0.452. The lowest BCUT2D eigenvalue weighted by Crippen LogP contribution is -2.66. The van der Waals surface area contributed by atoms with E-state index in [0.717, 1.165) is 64.2 Å². The standard InChI is InChI=1S/C33H50O4/c1-8-19-37-27(36)33-17-15-28(2,3)20-23(33)22-9-10-25-29(4)13-12-26(35)30(5,21-34)24(29)11-14-32(25,7)31(22,6)16-18-33/h1,9,23-26,34-35H,10-21H2,2-7H3/t23-,24+,25+,26-,29-,30-,31+,32+,33-/m0/s1. The van der Waals surface area contributed by atoms with Crippen LogP contribution >= 0.6 is 0 Å². The van der Waals surface area contributed by atoms with Crippen molar-refractivity contribution in [3.05, 3.63) is 11.6 Å². The van der Waals surface area contributed by atoms with Crippen LogP contribution in [-0.2, 0) is 9.53 Å². The van der Waals surface area contributed by atoms with Crippen LogP contribution in [0.15, 0.2) is 11.6 Å². The van der Waals surface area contributed by atoms with Crippen LogP contribution in [0.5, 0.6) is 0 Å². The third-order valence-corrected chi connectivity index (χ3v) is 13.5. The van der Waals surface area contributed by atoms with Crippen molar-refractivity contribution >= 4 is 5.97 Å². The van der Waals surface area contributed by atoms with Gasteiger partial charge in [-0.3, -0.25) is 4.79 Å². The Kier molecular flexibility index (Phi) is 6.33. The van der Waals surface area contributed by atoms with Crippen molar-refractivity contribution in [2.45, 2.75) is 112 Å². The molecule has 4 nitrogen and oxygen atoms in total. The molecule has 0 spiro atoms. The highest BCUT2D eigenvalue weighted by atomic mass is 16.5. The highest BCUT2D eigenvalue weighted by molar-refractivity contribution is 5.79. The predicted octanol–water partition coefficient (Wildman–Crippen LogP) is 6.30. The first-order valence-corrected chi connectivity index (χ1v) is 14.8. The summed E-state index contributed by atoms with van der Waals surface area (Å²) in [7, 11) is 0. The molecule has 0 unspecified atom stereocenters. The maximum Gasteiger partial charge on any atom is 0.313 e. The summed E-state index contributed by atoms with van der Waals surface area (Å²) < 4.78 is 5.69. The van der Waals surface area contributed by atoms with Gasteiger partial charge in [-0.25, -0.2) is 0 Å². The zero-order valence-electron chi connectivity index (χ0n) is 24.2. The third-order valence-electron chi connectivity index (χ3n) is 13.5. The van der Waals surface area contributed by atoms with Crippen LogP contribution in [0.25, 0.3) is 0 Å². The number of aliphatic hydroxyl groups is 2. The average molecular weight is 511 g/mol. The minimum absolute atomic E-state index is 0.0313. The predicted molar refractivity (Wildman–Crippen MR) is 146 cm³/mol. The number of carbonyl (C=O) groups is 1. The number of fused-ring (bicyclic) bond motifs is 7. The number of esters is 1. The number of ether oxygens (including phenoxy) is 1. The first-order valence-electron chi connectivity index (χ1n) is 14.8. The molecule has 37 heavy (non-hydrogen) atoms. The van der Waals surface area contributed by atoms with Gasteiger partial charge in [0.05, 0.1) is 18.1 Å². The van der Waals surface area contributed by atoms with Crippen LogP contribution in [-0.4, -0.2) is 35.5 Å². The zero-order chi connectivity index (χ0) is 27.1. The number of aliphatic hydroxyl groups excluding tert-OH is 2. The summed E-state index contributed by atoms with van der Waals surface area (Å²) in [5.41, 5.74) is 1.07. The second-order valence-corrected chi connectivity index (χ2v) is 15.4. The van der Waals surface area contributed by atoms with Crippen molar-refractivity contribution in [1.29, 1.82) is 0 Å². The van der Waals surface area contributed by atoms with E-state index in [1.54, 1.807) is 0 Å². The summed E-state index contributed by atoms with van der Waals surface area (Å²) in [6.45, 7) is 14.5. The Hall–Kier alpha value is -1.31. The van der Waals surface area contributed by atoms with Crippen molar-refractivity contribution in [1.82, 2.24) is 0 Å². The van der Waals surface area contributed by atoms with E-state index in [0.29, 0.717) is 11.8 Å². The highest BCUT2D eigenvalue weighted by Gasteiger charge is 2.69. The van der Waals surface area contributed by atoms with E-state index in [2.05, 4.69) is 53.5 Å². The van der Waals surface area contributed by atoms with Crippen molar-refractivity contribution in [2.24, 2.45) is 50.2 Å². The second kappa shape index (κ2) is 8.59. The van der Waals surface area contributed by atoms with Crippen LogP contribution in [0, 0.1) is 62.6 Å². The number of carbonyl (C=O) groups excluding carboxylic acids is 1. The van der Waals surface area contributed by atoms with Gasteiger partial charge in [-0.05, 0) is 104 Å². The molecule has 0 heterocycles. The average Bonchev–Trinajstić information content (AvgIpc) is 2.85. The molecule has 4 fully saturated rings. The highest BCUT2D eigenvalue weighted by Crippen LogP contribution is 2.75. The molecule has 0 aromatic heterocycles. The Labute approximate surface area is 225 Å². The van der Waals surface area contributed by atoms with E-state index in [4.69, 9.17) is 11.2 Å². The Morgan fingerprint density at radius 1 is 1.03 bits per heavy atom. The van der Waals surface area contributed by atoms with Gasteiger partial charge in [-0.1, -0.05) is 59.1 Å². The molecule has 2 N–H and O–H groups in total. The van der Waals surface area contributed by atoms with Gasteiger partial charge in [0.15, 0.2) is 6.61 Å². The van der Waals surface area contributed by atoms with Gasteiger partial charge in [-0.2, -0.15) is 0 Å². The van der Waals surface area contributed by atoms with Crippen LogP contribution in [0.4, 0.5) is 0 Å². The summed E-state index contributed by atoms with van der Waals surface area (Å²) in [5, 5.41) is 21.4. The lowest BCUT2D eigenvalue weighted by atomic mass is 9.33. The maximum absolute atomic E-state index is 13.6. The Bertz CT molecular complexity index is 1020. The van der Waals surface area contributed by atoms with Gasteiger partial charge in [0.25, 0.3) is 0 Å². The number of hydrogen-bond acceptors (Lipinski definition) is 4. The Morgan fingerprint density at radius 2 is 1.73 bits per heavy atom. The molecule has 0 bridgehead atoms. The monoisotopic (exact) mass is 510 g/mol. The molecule has 9 atom stereocenters. The number of terminal acetylenes is 1. The summed E-state index contributed by atoms with van der Waals surface area (Å²) in [4.78, 5) is 13.6. The fourth-order valence-corrected chi connectivity index (χ4v) is 10.9. The molecule has 0 saturated heterocycles. The quantitative estimate of drug-likeness (QED) is 0.266. The molecular weight excluding hydrogens is 460 g/mol. The largest absolute Gasteiger partial charge is 0.452 e. The fourth-order valence-electron chi connectivity index (χ4n) is 10.9. The summed E-state index contributed by atoms with van der Waals surface area (Å²) >= 11 is 0. The van der Waals surface area contributed by atoms with Gasteiger partial charge in [-0.15, -0.1) is 6.42 Å². The van der Waals surface area contributed by atoms with E-state index in [1.165, 1.54) is 5.57 Å². The van der Waals surface area contributed by atoms with Crippen molar-refractivity contribution in [2.75, 3.05) is 13.2 Å². The molecule has 0 aliphatic heterocycles. The minimum Gasteiger partial charge on any atom is -0.452 e. The van der Waals surface area contributed by atoms with Gasteiger partial charge in [0, 0.05) is 5.41 Å². The van der Waals surface area contributed by atoms with E-state index in [-0.39, 0.29) is 46.8 Å². The van der Waals surface area contributed by atoms with Gasteiger partial charge >= 0.3 is 5.97 Å². The van der Waals surface area contributed by atoms with E-state index in [9.17, 15) is 15.0 Å². The second-order valence-electron chi connectivity index (χ2n) is 15.4. The molecule has 0 aromatic rings. The summed E-state index contributed by atoms with van der Waals surface area (Å²) in [6.07, 6.45) is 17.4. The number of hydrogen-bond donors (Lipinski definition) is 2. The third kappa shape index (κ3) is 3.52. The molecule has 5 aliphatic rings. The van der Waals surface area contributed by atoms with Crippen LogP contribution in [0.1, 0.15) is 106 Å². The first kappa shape index (κ1) is 27.3. The molecule has 4 heteroatoms. The van der Waals surface area contributed by atoms with Crippen LogP contribution < -0.4 is 0 Å². The van der Waals surface area contributed by atoms with Gasteiger partial charge in [0.2, 0.25) is 0 Å². The molecule has 4 saturated carbocycles. The topological polar surface area (TPSA) is 66.8 Å². The van der Waals surface area contributed by atoms with Gasteiger partial charge < -0.3 is 14.9 Å². The Morgan fingerprint density at radius 3 is 2.41 bits per heavy atom. The van der Waals surface area contributed by atoms with Crippen molar-refractivity contribution in [3.8, 4) is 12.3 Å². The smallest absolute Gasteiger partial charge is 0.313 e. The lowest BCUT2D eigenvalue weighted by molar-refractivity contribution is -0.217. The van der Waals surface area contributed by atoms with E-state index in [1.807, 2.05) is 0 Å². The molecule has 0 amide bonds. The van der Waals surface area contributed by atoms with E-state index < -0.39 is 16.9 Å². The first-order chi connectivity index (χ1) is 17.2. The molecular formula is C33H50O4. The fraction of sp³-hybridized carbons (Fsp3) is 0.848. The molecule has 0 aromatic carbocycles. The normalized spacial score (nSPS) is 50.3. The summed E-state index contributed by atoms with van der Waals surface area (Å²) in [5.74, 6) is 3.46. The van der Waals surface area contributed by atoms with Crippen molar-refractivity contribution in [3.63, 3.8) is 0 Å². The maximum atomic E-state index is 13.6. The van der Waals surface area contributed by atoms with Crippen molar-refractivity contribution < 1.29 is 19.7 Å². The molecule has 5 rings (SSSR count). The molecule has 5 aliphatic carbocycles. The van der Waals surface area contributed by atoms with Gasteiger partial charge in [0.1, 0.15) is 0 Å². The molecule has 206 valence electrons. The van der Waals surface area contributed by atoms with E-state index >= 15 is 0 Å². The lowest BCUT2D eigenvalue weighted by Gasteiger charge is -2.71. The SMILES string of the molecule is C#CCOC(=O)[C@]12CCC(C)(C)C[C@H]1C1=CC[C@@H]3[C@@]4(C)CC[C@H](O)[C@@](C)(CO)[C@@H]4CC[C@@]3(C)[C@]1(C)CC2. The van der Waals surface area contributed by atoms with Crippen LogP contribution in [0.2, 0.25) is 0 Å². The summed E-state index contributed by atoms with van der Waals surface area (Å²) in [6, 6.07) is 0. The molecule has 0 radical (unpaired) electrons. The van der Waals surface area contributed by atoms with Crippen LogP contribution in [0.3, 0.4) is 0 Å².